The van der Waals surface area contributed by atoms with Crippen molar-refractivity contribution >= 4 is 21.8 Å². The minimum absolute atomic E-state index is 0.0971. The maximum atomic E-state index is 13.1. The van der Waals surface area contributed by atoms with E-state index in [-0.39, 0.29) is 11.9 Å². The van der Waals surface area contributed by atoms with Crippen molar-refractivity contribution in [3.05, 3.63) is 29.3 Å². The minimum atomic E-state index is 0.0971. The molecule has 1 fully saturated rings. The van der Waals surface area contributed by atoms with Crippen LogP contribution in [0.1, 0.15) is 61.9 Å². The van der Waals surface area contributed by atoms with Gasteiger partial charge in [-0.3, -0.25) is 4.79 Å². The highest BCUT2D eigenvalue weighted by atomic mass is 79.9. The van der Waals surface area contributed by atoms with E-state index in [2.05, 4.69) is 34.7 Å². The Balaban J connectivity index is 2.30. The molecule has 22 heavy (non-hydrogen) atoms. The zero-order chi connectivity index (χ0) is 16.1. The third kappa shape index (κ3) is 3.83. The van der Waals surface area contributed by atoms with Crippen molar-refractivity contribution in [2.24, 2.45) is 0 Å². The molecule has 0 aromatic heterocycles. The fraction of sp³-hybridized carbons (Fsp3) is 0.611. The quantitative estimate of drug-likeness (QED) is 0.701. The van der Waals surface area contributed by atoms with E-state index in [1.807, 2.05) is 18.2 Å². The second-order valence-electron chi connectivity index (χ2n) is 6.27. The van der Waals surface area contributed by atoms with E-state index in [0.29, 0.717) is 17.4 Å². The van der Waals surface area contributed by atoms with E-state index < -0.39 is 0 Å². The average Bonchev–Trinajstić information content (AvgIpc) is 2.54. The number of amides is 1. The molecule has 4 heteroatoms. The number of rotatable bonds is 5. The molecule has 0 N–H and O–H groups in total. The molecule has 0 aliphatic heterocycles. The Bertz CT molecular complexity index is 510. The molecule has 0 radical (unpaired) electrons. The van der Waals surface area contributed by atoms with Crippen LogP contribution in [0.5, 0.6) is 5.75 Å². The summed E-state index contributed by atoms with van der Waals surface area (Å²) in [4.78, 5) is 15.2. The van der Waals surface area contributed by atoms with Crippen LogP contribution in [0, 0.1) is 0 Å². The van der Waals surface area contributed by atoms with Crippen LogP contribution in [0.25, 0.3) is 0 Å². The summed E-state index contributed by atoms with van der Waals surface area (Å²) in [6.45, 7) is 4.21. The SMILES string of the molecule is COc1cc(CBr)ccc1C(=O)N(C(C)C)C1CCCCC1. The van der Waals surface area contributed by atoms with Crippen molar-refractivity contribution in [2.45, 2.75) is 63.4 Å². The zero-order valence-electron chi connectivity index (χ0n) is 13.8. The normalized spacial score (nSPS) is 15.9. The van der Waals surface area contributed by atoms with Gasteiger partial charge < -0.3 is 9.64 Å². The van der Waals surface area contributed by atoms with Gasteiger partial charge in [0.15, 0.2) is 0 Å². The molecule has 122 valence electrons. The highest BCUT2D eigenvalue weighted by Crippen LogP contribution is 2.29. The molecule has 3 nitrogen and oxygen atoms in total. The summed E-state index contributed by atoms with van der Waals surface area (Å²) in [5.41, 5.74) is 1.79. The van der Waals surface area contributed by atoms with Crippen molar-refractivity contribution in [3.8, 4) is 5.75 Å². The lowest BCUT2D eigenvalue weighted by Gasteiger charge is -2.37. The Labute approximate surface area is 142 Å². The van der Waals surface area contributed by atoms with Crippen LogP contribution in [-0.4, -0.2) is 30.0 Å². The molecular formula is C18H26BrNO2. The molecule has 0 saturated heterocycles. The molecule has 0 bridgehead atoms. The Hall–Kier alpha value is -1.03. The third-order valence-electron chi connectivity index (χ3n) is 4.41. The van der Waals surface area contributed by atoms with Gasteiger partial charge in [-0.05, 0) is 44.4 Å². The Morgan fingerprint density at radius 2 is 2.00 bits per heavy atom. The number of nitrogens with zero attached hydrogens (tertiary/aromatic N) is 1. The van der Waals surface area contributed by atoms with Gasteiger partial charge in [0.25, 0.3) is 5.91 Å². The molecule has 1 aromatic rings. The van der Waals surface area contributed by atoms with E-state index in [4.69, 9.17) is 4.74 Å². The first-order chi connectivity index (χ1) is 10.6. The molecule has 1 aromatic carbocycles. The maximum absolute atomic E-state index is 13.1. The maximum Gasteiger partial charge on any atom is 0.258 e. The van der Waals surface area contributed by atoms with Crippen molar-refractivity contribution < 1.29 is 9.53 Å². The summed E-state index contributed by atoms with van der Waals surface area (Å²) in [7, 11) is 1.63. The molecule has 1 aliphatic carbocycles. The van der Waals surface area contributed by atoms with Gasteiger partial charge in [-0.2, -0.15) is 0 Å². The van der Waals surface area contributed by atoms with E-state index >= 15 is 0 Å². The largest absolute Gasteiger partial charge is 0.496 e. The molecule has 0 spiro atoms. The van der Waals surface area contributed by atoms with Crippen molar-refractivity contribution in [1.29, 1.82) is 0 Å². The molecule has 2 rings (SSSR count). The number of alkyl halides is 1. The van der Waals surface area contributed by atoms with E-state index in [1.54, 1.807) is 7.11 Å². The number of carbonyl (C=O) groups is 1. The second-order valence-corrected chi connectivity index (χ2v) is 6.83. The lowest BCUT2D eigenvalue weighted by Crippen LogP contribution is -2.45. The van der Waals surface area contributed by atoms with E-state index in [9.17, 15) is 4.79 Å². The molecule has 1 saturated carbocycles. The number of halogens is 1. The number of hydrogen-bond acceptors (Lipinski definition) is 2. The van der Waals surface area contributed by atoms with Crippen LogP contribution < -0.4 is 4.74 Å². The predicted molar refractivity (Wildman–Crippen MR) is 93.8 cm³/mol. The average molecular weight is 368 g/mol. The molecule has 0 unspecified atom stereocenters. The van der Waals surface area contributed by atoms with Gasteiger partial charge in [-0.1, -0.05) is 41.3 Å². The molecule has 0 atom stereocenters. The van der Waals surface area contributed by atoms with Crippen molar-refractivity contribution in [2.75, 3.05) is 7.11 Å². The highest BCUT2D eigenvalue weighted by molar-refractivity contribution is 9.08. The molecule has 0 heterocycles. The Morgan fingerprint density at radius 1 is 1.32 bits per heavy atom. The summed E-state index contributed by atoms with van der Waals surface area (Å²) < 4.78 is 5.46. The third-order valence-corrected chi connectivity index (χ3v) is 5.06. The van der Waals surface area contributed by atoms with Gasteiger partial charge in [0, 0.05) is 17.4 Å². The van der Waals surface area contributed by atoms with E-state index in [1.165, 1.54) is 19.3 Å². The highest BCUT2D eigenvalue weighted by Gasteiger charge is 2.29. The monoisotopic (exact) mass is 367 g/mol. The standard InChI is InChI=1S/C18H26BrNO2/c1-13(2)20(15-7-5-4-6-8-15)18(21)16-10-9-14(12-19)11-17(16)22-3/h9-11,13,15H,4-8,12H2,1-3H3. The molecular weight excluding hydrogens is 342 g/mol. The summed E-state index contributed by atoms with van der Waals surface area (Å²) in [6.07, 6.45) is 5.97. The first-order valence-corrected chi connectivity index (χ1v) is 9.26. The summed E-state index contributed by atoms with van der Waals surface area (Å²) in [5.74, 6) is 0.767. The zero-order valence-corrected chi connectivity index (χ0v) is 15.4. The first kappa shape index (κ1) is 17.3. The van der Waals surface area contributed by atoms with Crippen LogP contribution in [0.4, 0.5) is 0 Å². The topological polar surface area (TPSA) is 29.5 Å². The van der Waals surface area contributed by atoms with Crippen LogP contribution in [0.3, 0.4) is 0 Å². The van der Waals surface area contributed by atoms with Gasteiger partial charge in [0.1, 0.15) is 5.75 Å². The minimum Gasteiger partial charge on any atom is -0.496 e. The summed E-state index contributed by atoms with van der Waals surface area (Å²) in [5, 5.41) is 0.758. The lowest BCUT2D eigenvalue weighted by atomic mass is 9.92. The van der Waals surface area contributed by atoms with Gasteiger partial charge >= 0.3 is 0 Å². The van der Waals surface area contributed by atoms with Gasteiger partial charge in [-0.15, -0.1) is 0 Å². The molecule has 1 aliphatic rings. The summed E-state index contributed by atoms with van der Waals surface area (Å²) in [6, 6.07) is 6.40. The van der Waals surface area contributed by atoms with Gasteiger partial charge in [0.2, 0.25) is 0 Å². The lowest BCUT2D eigenvalue weighted by molar-refractivity contribution is 0.0552. The fourth-order valence-corrected chi connectivity index (χ4v) is 3.66. The number of hydrogen-bond donors (Lipinski definition) is 0. The number of carbonyl (C=O) groups excluding carboxylic acids is 1. The fourth-order valence-electron chi connectivity index (χ4n) is 3.32. The number of ether oxygens (including phenoxy) is 1. The van der Waals surface area contributed by atoms with Gasteiger partial charge in [0.05, 0.1) is 12.7 Å². The van der Waals surface area contributed by atoms with Crippen molar-refractivity contribution in [3.63, 3.8) is 0 Å². The van der Waals surface area contributed by atoms with E-state index in [0.717, 1.165) is 23.7 Å². The Morgan fingerprint density at radius 3 is 2.55 bits per heavy atom. The Kier molecular flexibility index (Phi) is 6.30. The molecule has 1 amide bonds. The predicted octanol–water partition coefficient (Wildman–Crippen LogP) is 4.77. The van der Waals surface area contributed by atoms with Crippen LogP contribution in [0.2, 0.25) is 0 Å². The van der Waals surface area contributed by atoms with Crippen LogP contribution in [0.15, 0.2) is 18.2 Å². The van der Waals surface area contributed by atoms with Crippen LogP contribution in [-0.2, 0) is 5.33 Å². The second kappa shape index (κ2) is 8.00. The van der Waals surface area contributed by atoms with Gasteiger partial charge in [-0.25, -0.2) is 0 Å². The number of methoxy groups -OCH3 is 1. The summed E-state index contributed by atoms with van der Waals surface area (Å²) >= 11 is 3.45. The number of benzene rings is 1. The van der Waals surface area contributed by atoms with Crippen molar-refractivity contribution in [1.82, 2.24) is 4.90 Å². The van der Waals surface area contributed by atoms with Crippen LogP contribution >= 0.6 is 15.9 Å². The smallest absolute Gasteiger partial charge is 0.258 e. The first-order valence-electron chi connectivity index (χ1n) is 8.14.